The van der Waals surface area contributed by atoms with E-state index >= 15 is 0 Å². The first-order chi connectivity index (χ1) is 16.4. The second kappa shape index (κ2) is 11.7. The Morgan fingerprint density at radius 1 is 0.706 bits per heavy atom. The molecule has 0 aromatic heterocycles. The lowest BCUT2D eigenvalue weighted by Gasteiger charge is -2.22. The van der Waals surface area contributed by atoms with Gasteiger partial charge >= 0.3 is 11.9 Å². The van der Waals surface area contributed by atoms with Gasteiger partial charge in [0, 0.05) is 35.4 Å². The van der Waals surface area contributed by atoms with Gasteiger partial charge in [0.05, 0.1) is 0 Å². The van der Waals surface area contributed by atoms with Gasteiger partial charge in [-0.25, -0.2) is 0 Å². The maximum absolute atomic E-state index is 11.5. The summed E-state index contributed by atoms with van der Waals surface area (Å²) in [5.74, 6) is 0.837. The van der Waals surface area contributed by atoms with Crippen molar-refractivity contribution in [3.8, 4) is 11.5 Å². The molecular weight excluding hydrogens is 432 g/mol. The summed E-state index contributed by atoms with van der Waals surface area (Å²) in [6.07, 6.45) is 1.54. The second-order valence-corrected chi connectivity index (χ2v) is 8.34. The highest BCUT2D eigenvalue weighted by atomic mass is 16.6. The van der Waals surface area contributed by atoms with Gasteiger partial charge in [-0.3, -0.25) is 9.59 Å². The monoisotopic (exact) mass is 466 g/mol. The summed E-state index contributed by atoms with van der Waals surface area (Å²) in [5, 5.41) is 3.68. The zero-order chi connectivity index (χ0) is 24.7. The summed E-state index contributed by atoms with van der Waals surface area (Å²) in [4.78, 5) is 22.9. The van der Waals surface area contributed by atoms with Gasteiger partial charge in [-0.05, 0) is 30.9 Å². The zero-order valence-electron chi connectivity index (χ0n) is 20.7. The van der Waals surface area contributed by atoms with Gasteiger partial charge in [-0.15, -0.1) is 0 Å². The molecule has 0 aliphatic rings. The van der Waals surface area contributed by atoms with Crippen molar-refractivity contribution in [3.05, 3.63) is 48.0 Å². The van der Waals surface area contributed by atoms with Crippen molar-refractivity contribution in [2.45, 2.75) is 66.1 Å². The molecule has 3 aromatic carbocycles. The minimum Gasteiger partial charge on any atom is -0.488 e. The highest BCUT2D eigenvalue weighted by Crippen LogP contribution is 2.43. The number of benzene rings is 3. The van der Waals surface area contributed by atoms with Crippen molar-refractivity contribution in [1.82, 2.24) is 0 Å². The average molecular weight is 467 g/mol. The van der Waals surface area contributed by atoms with Crippen LogP contribution in [-0.4, -0.2) is 37.4 Å². The molecule has 0 aliphatic heterocycles. The Morgan fingerprint density at radius 3 is 1.62 bits per heavy atom. The van der Waals surface area contributed by atoms with Crippen molar-refractivity contribution in [3.63, 3.8) is 0 Å². The fourth-order valence-electron chi connectivity index (χ4n) is 3.97. The summed E-state index contributed by atoms with van der Waals surface area (Å²) >= 11 is 0. The van der Waals surface area contributed by atoms with E-state index in [0.29, 0.717) is 12.8 Å². The Bertz CT molecular complexity index is 1150. The van der Waals surface area contributed by atoms with E-state index in [2.05, 4.69) is 25.1 Å². The van der Waals surface area contributed by atoms with Crippen LogP contribution in [0.15, 0.2) is 42.5 Å². The molecule has 3 rings (SSSR count). The summed E-state index contributed by atoms with van der Waals surface area (Å²) in [5.41, 5.74) is 1.18. The average Bonchev–Trinajstić information content (AvgIpc) is 2.83. The lowest BCUT2D eigenvalue weighted by Crippen LogP contribution is -2.24. The Morgan fingerprint density at radius 2 is 1.18 bits per heavy atom. The third-order valence-electron chi connectivity index (χ3n) is 5.80. The van der Waals surface area contributed by atoms with Gasteiger partial charge in [0.1, 0.15) is 36.9 Å². The quantitative estimate of drug-likeness (QED) is 0.255. The first kappa shape index (κ1) is 25.3. The van der Waals surface area contributed by atoms with E-state index in [1.165, 1.54) is 19.4 Å². The summed E-state index contributed by atoms with van der Waals surface area (Å²) < 4.78 is 23.4. The van der Waals surface area contributed by atoms with Crippen molar-refractivity contribution in [2.24, 2.45) is 0 Å². The summed E-state index contributed by atoms with van der Waals surface area (Å²) in [7, 11) is 0. The molecule has 0 radical (unpaired) electrons. The minimum absolute atomic E-state index is 0.259. The van der Waals surface area contributed by atoms with Gasteiger partial charge in [0.15, 0.2) is 0 Å². The highest BCUT2D eigenvalue weighted by molar-refractivity contribution is 6.11. The molecule has 0 saturated heterocycles. The lowest BCUT2D eigenvalue weighted by atomic mass is 9.98. The van der Waals surface area contributed by atoms with Crippen LogP contribution in [0.3, 0.4) is 0 Å². The number of carbonyl (C=O) groups is 2. The Labute approximate surface area is 201 Å². The predicted molar refractivity (Wildman–Crippen MR) is 134 cm³/mol. The van der Waals surface area contributed by atoms with Gasteiger partial charge in [0.25, 0.3) is 0 Å². The maximum Gasteiger partial charge on any atom is 0.303 e. The number of aryl methyl sites for hydroxylation is 1. The number of hydrogen-bond donors (Lipinski definition) is 0. The SMILES string of the molecule is CCc1ccc2c(OCC(CC)OC(C)=O)c3ccccc3c(OCC(CC)OC(C)=O)c2c1. The van der Waals surface area contributed by atoms with Crippen LogP contribution in [0, 0.1) is 0 Å². The van der Waals surface area contributed by atoms with Crippen LogP contribution in [0.1, 0.15) is 53.0 Å². The molecule has 0 fully saturated rings. The first-order valence-corrected chi connectivity index (χ1v) is 11.9. The molecule has 2 unspecified atom stereocenters. The standard InChI is InChI=1S/C28H34O6/c1-6-20-13-14-25-26(15-20)28(32-17-22(8-3)34-19(5)30)24-12-10-9-11-23(24)27(25)31-16-21(7-2)33-18(4)29/h9-15,21-22H,6-8,16-17H2,1-5H3. The van der Waals surface area contributed by atoms with E-state index < -0.39 is 0 Å². The van der Waals surface area contributed by atoms with E-state index in [9.17, 15) is 9.59 Å². The smallest absolute Gasteiger partial charge is 0.303 e. The van der Waals surface area contributed by atoms with Gasteiger partial charge in [0.2, 0.25) is 0 Å². The van der Waals surface area contributed by atoms with Gasteiger partial charge in [-0.2, -0.15) is 0 Å². The van der Waals surface area contributed by atoms with Crippen LogP contribution in [0.2, 0.25) is 0 Å². The molecule has 6 nitrogen and oxygen atoms in total. The fraction of sp³-hybridized carbons (Fsp3) is 0.429. The van der Waals surface area contributed by atoms with Crippen LogP contribution >= 0.6 is 0 Å². The molecule has 6 heteroatoms. The van der Waals surface area contributed by atoms with Crippen molar-refractivity contribution >= 4 is 33.5 Å². The molecule has 3 aromatic rings. The van der Waals surface area contributed by atoms with E-state index in [4.69, 9.17) is 18.9 Å². The number of hydrogen-bond acceptors (Lipinski definition) is 6. The van der Waals surface area contributed by atoms with Gasteiger partial charge < -0.3 is 18.9 Å². The Kier molecular flexibility index (Phi) is 8.74. The minimum atomic E-state index is -0.328. The largest absolute Gasteiger partial charge is 0.488 e. The molecule has 0 N–H and O–H groups in total. The van der Waals surface area contributed by atoms with Crippen LogP contribution in [0.5, 0.6) is 11.5 Å². The zero-order valence-corrected chi connectivity index (χ0v) is 20.7. The Balaban J connectivity index is 2.10. The van der Waals surface area contributed by atoms with Gasteiger partial charge in [-0.1, -0.05) is 57.2 Å². The van der Waals surface area contributed by atoms with Crippen molar-refractivity contribution in [1.29, 1.82) is 0 Å². The number of esters is 2. The lowest BCUT2D eigenvalue weighted by molar-refractivity contribution is -0.148. The van der Waals surface area contributed by atoms with Crippen LogP contribution in [0.4, 0.5) is 0 Å². The maximum atomic E-state index is 11.5. The molecule has 0 amide bonds. The molecule has 0 saturated carbocycles. The van der Waals surface area contributed by atoms with Crippen molar-refractivity contribution < 1.29 is 28.5 Å². The number of ether oxygens (including phenoxy) is 4. The van der Waals surface area contributed by atoms with E-state index in [-0.39, 0.29) is 37.4 Å². The molecule has 34 heavy (non-hydrogen) atoms. The molecule has 0 spiro atoms. The van der Waals surface area contributed by atoms with Crippen LogP contribution in [0.25, 0.3) is 21.5 Å². The fourth-order valence-corrected chi connectivity index (χ4v) is 3.97. The number of fused-ring (bicyclic) bond motifs is 2. The molecule has 2 atom stereocenters. The molecular formula is C28H34O6. The molecule has 182 valence electrons. The molecule has 0 heterocycles. The Hall–Kier alpha value is -3.28. The summed E-state index contributed by atoms with van der Waals surface area (Å²) in [6.45, 7) is 9.37. The first-order valence-electron chi connectivity index (χ1n) is 11.9. The van der Waals surface area contributed by atoms with Crippen LogP contribution < -0.4 is 9.47 Å². The molecule has 0 bridgehead atoms. The third-order valence-corrected chi connectivity index (χ3v) is 5.80. The van der Waals surface area contributed by atoms with Crippen molar-refractivity contribution in [2.75, 3.05) is 13.2 Å². The number of carbonyl (C=O) groups excluding carboxylic acids is 2. The normalized spacial score (nSPS) is 12.9. The second-order valence-electron chi connectivity index (χ2n) is 8.34. The van der Waals surface area contributed by atoms with Crippen LogP contribution in [-0.2, 0) is 25.5 Å². The van der Waals surface area contributed by atoms with E-state index in [0.717, 1.165) is 39.5 Å². The van der Waals surface area contributed by atoms with E-state index in [1.807, 2.05) is 38.1 Å². The number of rotatable bonds is 11. The summed E-state index contributed by atoms with van der Waals surface area (Å²) in [6, 6.07) is 14.2. The highest BCUT2D eigenvalue weighted by Gasteiger charge is 2.20. The third kappa shape index (κ3) is 5.99. The molecule has 0 aliphatic carbocycles. The predicted octanol–water partition coefficient (Wildman–Crippen LogP) is 6.00. The van der Waals surface area contributed by atoms with E-state index in [1.54, 1.807) is 0 Å². The topological polar surface area (TPSA) is 71.1 Å².